The number of anilines is 1. The van der Waals surface area contributed by atoms with E-state index in [0.29, 0.717) is 10.8 Å². The first-order valence-electron chi connectivity index (χ1n) is 7.78. The Hall–Kier alpha value is -1.07. The maximum absolute atomic E-state index is 12.8. The molecule has 4 nitrogen and oxygen atoms in total. The van der Waals surface area contributed by atoms with Crippen LogP contribution in [0.5, 0.6) is 0 Å². The number of benzene rings is 1. The van der Waals surface area contributed by atoms with E-state index in [0.717, 1.165) is 31.5 Å². The second-order valence-corrected chi connectivity index (χ2v) is 7.90. The van der Waals surface area contributed by atoms with Gasteiger partial charge in [-0.25, -0.2) is 8.42 Å². The SMILES string of the molecule is CCNc1ccc(S(=O)(=O)N(C)C2CCCCC2C)cc1. The Kier molecular flexibility index (Phi) is 5.27. The lowest BCUT2D eigenvalue weighted by Gasteiger charge is -2.35. The zero-order valence-electron chi connectivity index (χ0n) is 13.2. The van der Waals surface area contributed by atoms with Gasteiger partial charge in [-0.2, -0.15) is 4.31 Å². The molecular formula is C16H26N2O2S. The highest BCUT2D eigenvalue weighted by Crippen LogP contribution is 2.30. The first kappa shape index (κ1) is 16.3. The number of rotatable bonds is 5. The second kappa shape index (κ2) is 6.79. The van der Waals surface area contributed by atoms with Gasteiger partial charge in [-0.3, -0.25) is 0 Å². The molecule has 0 radical (unpaired) electrons. The van der Waals surface area contributed by atoms with Crippen molar-refractivity contribution >= 4 is 15.7 Å². The summed E-state index contributed by atoms with van der Waals surface area (Å²) in [6, 6.07) is 7.16. The van der Waals surface area contributed by atoms with Crippen LogP contribution in [-0.2, 0) is 10.0 Å². The van der Waals surface area contributed by atoms with E-state index in [9.17, 15) is 8.42 Å². The lowest BCUT2D eigenvalue weighted by molar-refractivity contribution is 0.213. The first-order chi connectivity index (χ1) is 9.96. The van der Waals surface area contributed by atoms with E-state index in [-0.39, 0.29) is 6.04 Å². The van der Waals surface area contributed by atoms with E-state index in [4.69, 9.17) is 0 Å². The predicted octanol–water partition coefficient (Wildman–Crippen LogP) is 3.32. The molecule has 1 N–H and O–H groups in total. The van der Waals surface area contributed by atoms with Crippen LogP contribution in [0.25, 0.3) is 0 Å². The van der Waals surface area contributed by atoms with Gasteiger partial charge < -0.3 is 5.32 Å². The molecule has 0 amide bonds. The standard InChI is InChI=1S/C16H26N2O2S/c1-4-17-14-9-11-15(12-10-14)21(19,20)18(3)16-8-6-5-7-13(16)2/h9-13,16-17H,4-8H2,1-3H3. The van der Waals surface area contributed by atoms with E-state index < -0.39 is 10.0 Å². The van der Waals surface area contributed by atoms with Gasteiger partial charge in [-0.15, -0.1) is 0 Å². The van der Waals surface area contributed by atoms with E-state index in [1.54, 1.807) is 23.5 Å². The number of hydrogen-bond acceptors (Lipinski definition) is 3. The maximum Gasteiger partial charge on any atom is 0.243 e. The Morgan fingerprint density at radius 2 is 1.81 bits per heavy atom. The Labute approximate surface area is 128 Å². The van der Waals surface area contributed by atoms with Crippen LogP contribution in [0.3, 0.4) is 0 Å². The summed E-state index contributed by atoms with van der Waals surface area (Å²) < 4.78 is 27.1. The molecule has 0 bridgehead atoms. The largest absolute Gasteiger partial charge is 0.385 e. The zero-order chi connectivity index (χ0) is 15.5. The fourth-order valence-corrected chi connectivity index (χ4v) is 4.61. The minimum absolute atomic E-state index is 0.122. The third-order valence-electron chi connectivity index (χ3n) is 4.45. The Morgan fingerprint density at radius 3 is 2.38 bits per heavy atom. The molecule has 2 unspecified atom stereocenters. The van der Waals surface area contributed by atoms with Crippen LogP contribution in [0.4, 0.5) is 5.69 Å². The van der Waals surface area contributed by atoms with Crippen molar-refractivity contribution in [3.63, 3.8) is 0 Å². The first-order valence-corrected chi connectivity index (χ1v) is 9.22. The third-order valence-corrected chi connectivity index (χ3v) is 6.34. The maximum atomic E-state index is 12.8. The van der Waals surface area contributed by atoms with E-state index in [1.807, 2.05) is 19.1 Å². The summed E-state index contributed by atoms with van der Waals surface area (Å²) >= 11 is 0. The van der Waals surface area contributed by atoms with Gasteiger partial charge >= 0.3 is 0 Å². The normalized spacial score (nSPS) is 23.2. The lowest BCUT2D eigenvalue weighted by Crippen LogP contribution is -2.42. The molecule has 1 fully saturated rings. The predicted molar refractivity (Wildman–Crippen MR) is 87.0 cm³/mol. The quantitative estimate of drug-likeness (QED) is 0.907. The van der Waals surface area contributed by atoms with Crippen molar-refractivity contribution < 1.29 is 8.42 Å². The van der Waals surface area contributed by atoms with Gasteiger partial charge in [0.2, 0.25) is 10.0 Å². The van der Waals surface area contributed by atoms with Gasteiger partial charge in [-0.1, -0.05) is 19.8 Å². The van der Waals surface area contributed by atoms with Gasteiger partial charge in [-0.05, 0) is 49.9 Å². The molecule has 1 aromatic carbocycles. The van der Waals surface area contributed by atoms with Crippen LogP contribution in [0, 0.1) is 5.92 Å². The topological polar surface area (TPSA) is 49.4 Å². The fourth-order valence-electron chi connectivity index (χ4n) is 3.13. The average Bonchev–Trinajstić information content (AvgIpc) is 2.48. The molecule has 5 heteroatoms. The van der Waals surface area contributed by atoms with Crippen LogP contribution < -0.4 is 5.32 Å². The monoisotopic (exact) mass is 310 g/mol. The molecule has 0 aromatic heterocycles. The summed E-state index contributed by atoms with van der Waals surface area (Å²) in [4.78, 5) is 0.379. The molecule has 2 rings (SSSR count). The van der Waals surface area contributed by atoms with Crippen molar-refractivity contribution in [3.8, 4) is 0 Å². The van der Waals surface area contributed by atoms with Crippen molar-refractivity contribution in [2.24, 2.45) is 5.92 Å². The molecule has 0 aliphatic heterocycles. The molecule has 0 saturated heterocycles. The zero-order valence-corrected chi connectivity index (χ0v) is 14.0. The summed E-state index contributed by atoms with van der Waals surface area (Å²) in [5, 5.41) is 3.18. The van der Waals surface area contributed by atoms with Gasteiger partial charge in [0.1, 0.15) is 0 Å². The van der Waals surface area contributed by atoms with Crippen LogP contribution >= 0.6 is 0 Å². The summed E-state index contributed by atoms with van der Waals surface area (Å²) in [7, 11) is -1.68. The minimum Gasteiger partial charge on any atom is -0.385 e. The fraction of sp³-hybridized carbons (Fsp3) is 0.625. The number of nitrogens with zero attached hydrogens (tertiary/aromatic N) is 1. The molecule has 0 heterocycles. The van der Waals surface area contributed by atoms with Crippen molar-refractivity contribution in [1.82, 2.24) is 4.31 Å². The van der Waals surface area contributed by atoms with E-state index in [2.05, 4.69) is 12.2 Å². The highest BCUT2D eigenvalue weighted by molar-refractivity contribution is 7.89. The Balaban J connectivity index is 2.19. The van der Waals surface area contributed by atoms with Crippen LogP contribution in [0.2, 0.25) is 0 Å². The molecule has 2 atom stereocenters. The summed E-state index contributed by atoms with van der Waals surface area (Å²) in [5.74, 6) is 0.430. The van der Waals surface area contributed by atoms with Crippen LogP contribution in [-0.4, -0.2) is 32.4 Å². The van der Waals surface area contributed by atoms with Gasteiger partial charge in [0.15, 0.2) is 0 Å². The number of hydrogen-bond donors (Lipinski definition) is 1. The molecule has 1 aliphatic carbocycles. The molecule has 1 aromatic rings. The average molecular weight is 310 g/mol. The Morgan fingerprint density at radius 1 is 1.19 bits per heavy atom. The number of sulfonamides is 1. The molecule has 1 saturated carbocycles. The van der Waals surface area contributed by atoms with Crippen LogP contribution in [0.1, 0.15) is 39.5 Å². The summed E-state index contributed by atoms with van der Waals surface area (Å²) in [5.41, 5.74) is 0.949. The number of nitrogens with one attached hydrogen (secondary N) is 1. The van der Waals surface area contributed by atoms with E-state index >= 15 is 0 Å². The Bertz CT molecular complexity index is 554. The minimum atomic E-state index is -3.40. The molecule has 0 spiro atoms. The molecule has 21 heavy (non-hydrogen) atoms. The van der Waals surface area contributed by atoms with Crippen molar-refractivity contribution in [2.75, 3.05) is 18.9 Å². The summed E-state index contributed by atoms with van der Waals surface area (Å²) in [6.07, 6.45) is 4.41. The highest BCUT2D eigenvalue weighted by Gasteiger charge is 2.32. The smallest absolute Gasteiger partial charge is 0.243 e. The second-order valence-electron chi connectivity index (χ2n) is 5.91. The van der Waals surface area contributed by atoms with Crippen molar-refractivity contribution in [1.29, 1.82) is 0 Å². The van der Waals surface area contributed by atoms with E-state index in [1.165, 1.54) is 6.42 Å². The highest BCUT2D eigenvalue weighted by atomic mass is 32.2. The molecular weight excluding hydrogens is 284 g/mol. The van der Waals surface area contributed by atoms with Gasteiger partial charge in [0.25, 0.3) is 0 Å². The summed E-state index contributed by atoms with van der Waals surface area (Å²) in [6.45, 7) is 5.00. The van der Waals surface area contributed by atoms with Crippen LogP contribution in [0.15, 0.2) is 29.2 Å². The van der Waals surface area contributed by atoms with Crippen molar-refractivity contribution in [3.05, 3.63) is 24.3 Å². The molecule has 118 valence electrons. The van der Waals surface area contributed by atoms with Crippen molar-refractivity contribution in [2.45, 2.75) is 50.5 Å². The van der Waals surface area contributed by atoms with Gasteiger partial charge in [0.05, 0.1) is 4.90 Å². The lowest BCUT2D eigenvalue weighted by atomic mass is 9.86. The van der Waals surface area contributed by atoms with Gasteiger partial charge in [0, 0.05) is 25.3 Å². The molecule has 1 aliphatic rings. The third kappa shape index (κ3) is 3.58.